The summed E-state index contributed by atoms with van der Waals surface area (Å²) in [7, 11) is 3.14. The van der Waals surface area contributed by atoms with Crippen LogP contribution < -0.4 is 20.2 Å². The highest BCUT2D eigenvalue weighted by Gasteiger charge is 2.03. The second-order valence-corrected chi connectivity index (χ2v) is 5.13. The zero-order valence-electron chi connectivity index (χ0n) is 14.0. The van der Waals surface area contributed by atoms with Crippen LogP contribution >= 0.6 is 0 Å². The van der Waals surface area contributed by atoms with Crippen molar-refractivity contribution in [3.8, 4) is 11.5 Å². The van der Waals surface area contributed by atoms with Gasteiger partial charge in [0.05, 0.1) is 27.0 Å². The molecule has 0 saturated carbocycles. The van der Waals surface area contributed by atoms with Crippen molar-refractivity contribution in [1.82, 2.24) is 5.43 Å². The quantitative estimate of drug-likeness (QED) is 0.606. The molecule has 0 aromatic heterocycles. The van der Waals surface area contributed by atoms with Crippen molar-refractivity contribution in [3.63, 3.8) is 0 Å². The van der Waals surface area contributed by atoms with E-state index in [2.05, 4.69) is 15.8 Å². The van der Waals surface area contributed by atoms with E-state index in [1.54, 1.807) is 32.6 Å². The van der Waals surface area contributed by atoms with E-state index in [4.69, 9.17) is 9.47 Å². The zero-order chi connectivity index (χ0) is 17.4. The molecule has 6 heteroatoms. The molecule has 1 amide bonds. The van der Waals surface area contributed by atoms with Crippen molar-refractivity contribution >= 4 is 17.8 Å². The number of methoxy groups -OCH3 is 2. The highest BCUT2D eigenvalue weighted by Crippen LogP contribution is 2.26. The summed E-state index contributed by atoms with van der Waals surface area (Å²) in [6.07, 6.45) is 1.55. The standard InChI is InChI=1S/C18H21N3O3/c1-13-5-4-6-15(9-13)19-12-18(22)21-20-11-14-7-8-16(23-2)17(10-14)24-3/h4-11,19H,12H2,1-3H3,(H,21,22)/b20-11+. The van der Waals surface area contributed by atoms with Crippen molar-refractivity contribution in [3.05, 3.63) is 53.6 Å². The average Bonchev–Trinajstić information content (AvgIpc) is 2.60. The molecule has 126 valence electrons. The van der Waals surface area contributed by atoms with Gasteiger partial charge in [-0.25, -0.2) is 5.43 Å². The number of hydrogen-bond acceptors (Lipinski definition) is 5. The SMILES string of the molecule is COc1ccc(/C=N/NC(=O)CNc2cccc(C)c2)cc1OC. The molecule has 0 aliphatic rings. The minimum atomic E-state index is -0.228. The van der Waals surface area contributed by atoms with E-state index in [1.807, 2.05) is 37.3 Å². The average molecular weight is 327 g/mol. The molecule has 0 unspecified atom stereocenters. The summed E-state index contributed by atoms with van der Waals surface area (Å²) in [5, 5.41) is 6.99. The molecular formula is C18H21N3O3. The first-order valence-electron chi connectivity index (χ1n) is 7.47. The number of hydrogen-bond donors (Lipinski definition) is 2. The van der Waals surface area contributed by atoms with Gasteiger partial charge in [0.15, 0.2) is 11.5 Å². The fourth-order valence-corrected chi connectivity index (χ4v) is 2.09. The van der Waals surface area contributed by atoms with Crippen LogP contribution in [-0.2, 0) is 4.79 Å². The summed E-state index contributed by atoms with van der Waals surface area (Å²) >= 11 is 0. The smallest absolute Gasteiger partial charge is 0.259 e. The normalized spacial score (nSPS) is 10.5. The molecule has 24 heavy (non-hydrogen) atoms. The van der Waals surface area contributed by atoms with E-state index >= 15 is 0 Å². The number of rotatable bonds is 7. The number of carbonyl (C=O) groups excluding carboxylic acids is 1. The Labute approximate surface area is 141 Å². The van der Waals surface area contributed by atoms with Crippen LogP contribution in [0, 0.1) is 6.92 Å². The molecule has 0 radical (unpaired) electrons. The van der Waals surface area contributed by atoms with E-state index in [0.717, 1.165) is 16.8 Å². The molecule has 2 aromatic carbocycles. The van der Waals surface area contributed by atoms with Crippen molar-refractivity contribution in [2.75, 3.05) is 26.1 Å². The molecule has 0 aliphatic carbocycles. The fraction of sp³-hybridized carbons (Fsp3) is 0.222. The molecule has 0 saturated heterocycles. The van der Waals surface area contributed by atoms with Crippen LogP contribution in [0.2, 0.25) is 0 Å². The second kappa shape index (κ2) is 8.57. The van der Waals surface area contributed by atoms with Gasteiger partial charge in [0.1, 0.15) is 0 Å². The Balaban J connectivity index is 1.86. The van der Waals surface area contributed by atoms with E-state index < -0.39 is 0 Å². The third-order valence-corrected chi connectivity index (χ3v) is 3.28. The molecule has 2 N–H and O–H groups in total. The van der Waals surface area contributed by atoms with Crippen LogP contribution in [0.15, 0.2) is 47.6 Å². The number of anilines is 1. The summed E-state index contributed by atoms with van der Waals surface area (Å²) in [4.78, 5) is 11.8. The number of nitrogens with zero attached hydrogens (tertiary/aromatic N) is 1. The molecule has 0 spiro atoms. The lowest BCUT2D eigenvalue weighted by Gasteiger charge is -2.07. The first kappa shape index (κ1) is 17.3. The number of nitrogens with one attached hydrogen (secondary N) is 2. The Morgan fingerprint density at radius 3 is 2.62 bits per heavy atom. The fourth-order valence-electron chi connectivity index (χ4n) is 2.09. The topological polar surface area (TPSA) is 72.0 Å². The lowest BCUT2D eigenvalue weighted by molar-refractivity contribution is -0.119. The minimum absolute atomic E-state index is 0.146. The summed E-state index contributed by atoms with van der Waals surface area (Å²) in [5.41, 5.74) is 5.30. The van der Waals surface area contributed by atoms with Gasteiger partial charge in [-0.1, -0.05) is 12.1 Å². The van der Waals surface area contributed by atoms with Gasteiger partial charge in [-0.3, -0.25) is 4.79 Å². The molecule has 2 rings (SSSR count). The van der Waals surface area contributed by atoms with Crippen molar-refractivity contribution < 1.29 is 14.3 Å². The number of benzene rings is 2. The van der Waals surface area contributed by atoms with Crippen LogP contribution in [0.1, 0.15) is 11.1 Å². The summed E-state index contributed by atoms with van der Waals surface area (Å²) in [6.45, 7) is 2.14. The lowest BCUT2D eigenvalue weighted by Crippen LogP contribution is -2.25. The summed E-state index contributed by atoms with van der Waals surface area (Å²) < 4.78 is 10.4. The van der Waals surface area contributed by atoms with Gasteiger partial charge in [-0.2, -0.15) is 5.10 Å². The summed E-state index contributed by atoms with van der Waals surface area (Å²) in [6, 6.07) is 13.2. The van der Waals surface area contributed by atoms with E-state index in [1.165, 1.54) is 0 Å². The highest BCUT2D eigenvalue weighted by molar-refractivity contribution is 5.84. The van der Waals surface area contributed by atoms with Crippen molar-refractivity contribution in [1.29, 1.82) is 0 Å². The molecular weight excluding hydrogens is 306 g/mol. The lowest BCUT2D eigenvalue weighted by atomic mass is 10.2. The maximum Gasteiger partial charge on any atom is 0.259 e. The van der Waals surface area contributed by atoms with Gasteiger partial charge in [-0.15, -0.1) is 0 Å². The molecule has 0 bridgehead atoms. The van der Waals surface area contributed by atoms with Gasteiger partial charge in [0.2, 0.25) is 0 Å². The first-order chi connectivity index (χ1) is 11.6. The third kappa shape index (κ3) is 5.01. The molecule has 2 aromatic rings. The summed E-state index contributed by atoms with van der Waals surface area (Å²) in [5.74, 6) is 1.02. The predicted octanol–water partition coefficient (Wildman–Crippen LogP) is 2.57. The molecule has 0 atom stereocenters. The molecule has 6 nitrogen and oxygen atoms in total. The van der Waals surface area contributed by atoms with Crippen molar-refractivity contribution in [2.24, 2.45) is 5.10 Å². The van der Waals surface area contributed by atoms with Crippen molar-refractivity contribution in [2.45, 2.75) is 6.92 Å². The van der Waals surface area contributed by atoms with E-state index in [0.29, 0.717) is 11.5 Å². The minimum Gasteiger partial charge on any atom is -0.493 e. The van der Waals surface area contributed by atoms with Gasteiger partial charge in [-0.05, 0) is 48.4 Å². The Morgan fingerprint density at radius 1 is 1.12 bits per heavy atom. The molecule has 0 fully saturated rings. The maximum absolute atomic E-state index is 11.8. The Bertz CT molecular complexity index is 729. The van der Waals surface area contributed by atoms with Gasteiger partial charge >= 0.3 is 0 Å². The number of aryl methyl sites for hydroxylation is 1. The Hall–Kier alpha value is -3.02. The van der Waals surface area contributed by atoms with Gasteiger partial charge < -0.3 is 14.8 Å². The molecule has 0 heterocycles. The van der Waals surface area contributed by atoms with Gasteiger partial charge in [0, 0.05) is 5.69 Å². The Morgan fingerprint density at radius 2 is 1.92 bits per heavy atom. The van der Waals surface area contributed by atoms with E-state index in [-0.39, 0.29) is 12.5 Å². The number of carbonyl (C=O) groups is 1. The Kier molecular flexibility index (Phi) is 6.19. The largest absolute Gasteiger partial charge is 0.493 e. The monoisotopic (exact) mass is 327 g/mol. The molecule has 0 aliphatic heterocycles. The second-order valence-electron chi connectivity index (χ2n) is 5.13. The highest BCUT2D eigenvalue weighted by atomic mass is 16.5. The number of ether oxygens (including phenoxy) is 2. The van der Waals surface area contributed by atoms with Crippen LogP contribution in [0.25, 0.3) is 0 Å². The van der Waals surface area contributed by atoms with Crippen LogP contribution in [0.4, 0.5) is 5.69 Å². The van der Waals surface area contributed by atoms with E-state index in [9.17, 15) is 4.79 Å². The number of amides is 1. The van der Waals surface area contributed by atoms with Crippen LogP contribution in [-0.4, -0.2) is 32.9 Å². The third-order valence-electron chi connectivity index (χ3n) is 3.28. The predicted molar refractivity (Wildman–Crippen MR) is 95.0 cm³/mol. The zero-order valence-corrected chi connectivity index (χ0v) is 14.0. The maximum atomic E-state index is 11.8. The van der Waals surface area contributed by atoms with Crippen LogP contribution in [0.3, 0.4) is 0 Å². The first-order valence-corrected chi connectivity index (χ1v) is 7.47. The van der Waals surface area contributed by atoms with Gasteiger partial charge in [0.25, 0.3) is 5.91 Å². The number of hydrazone groups is 1. The van der Waals surface area contributed by atoms with Crippen LogP contribution in [0.5, 0.6) is 11.5 Å².